The number of hydrogen-bond acceptors (Lipinski definition) is 5. The molecule has 0 amide bonds. The third kappa shape index (κ3) is 35.3. The molecule has 0 aromatic heterocycles. The van der Waals surface area contributed by atoms with Crippen LogP contribution in [0.4, 0.5) is 0 Å². The van der Waals surface area contributed by atoms with Gasteiger partial charge in [0, 0.05) is 25.3 Å². The third-order valence-corrected chi connectivity index (χ3v) is 10.4. The van der Waals surface area contributed by atoms with Gasteiger partial charge in [-0.3, -0.25) is 9.59 Å². The summed E-state index contributed by atoms with van der Waals surface area (Å²) in [5.74, 6) is 0.808. The lowest BCUT2D eigenvalue weighted by molar-refractivity contribution is -0.143. The lowest BCUT2D eigenvalue weighted by atomic mass is 9.88. The quantitative estimate of drug-likeness (QED) is 0.0510. The molecule has 0 fully saturated rings. The van der Waals surface area contributed by atoms with E-state index < -0.39 is 0 Å². The maximum Gasteiger partial charge on any atom is 0.305 e. The number of carbonyl (C=O) groups excluding carboxylic acids is 2. The van der Waals surface area contributed by atoms with E-state index in [1.807, 2.05) is 0 Å². The monoisotopic (exact) mass is 694 g/mol. The van der Waals surface area contributed by atoms with Gasteiger partial charge in [0.2, 0.25) is 0 Å². The van der Waals surface area contributed by atoms with Gasteiger partial charge in [-0.15, -0.1) is 0 Å². The maximum absolute atomic E-state index is 13.2. The van der Waals surface area contributed by atoms with E-state index in [-0.39, 0.29) is 12.6 Å². The summed E-state index contributed by atoms with van der Waals surface area (Å²) in [6.45, 7) is 10.3. The molecular weight excluding hydrogens is 606 g/mol. The molecule has 0 heterocycles. The van der Waals surface area contributed by atoms with Gasteiger partial charge in [0.15, 0.2) is 0 Å². The predicted molar refractivity (Wildman–Crippen MR) is 212 cm³/mol. The molecule has 5 heteroatoms. The molecule has 0 aliphatic rings. The Balaban J connectivity index is 3.99. The lowest BCUT2D eigenvalue weighted by Gasteiger charge is -2.21. The van der Waals surface area contributed by atoms with Gasteiger partial charge in [0.25, 0.3) is 0 Å². The van der Waals surface area contributed by atoms with Gasteiger partial charge in [-0.1, -0.05) is 175 Å². The topological polar surface area (TPSA) is 66.8 Å². The highest BCUT2D eigenvalue weighted by Crippen LogP contribution is 2.23. The van der Waals surface area contributed by atoms with Gasteiger partial charge < -0.3 is 14.7 Å². The molecule has 0 bridgehead atoms. The van der Waals surface area contributed by atoms with Gasteiger partial charge >= 0.3 is 5.97 Å². The number of nitrogens with zero attached hydrogens (tertiary/aromatic N) is 1. The largest absolute Gasteiger partial charge is 0.466 e. The van der Waals surface area contributed by atoms with Crippen molar-refractivity contribution in [3.05, 3.63) is 0 Å². The maximum atomic E-state index is 13.2. The number of carbonyl (C=O) groups is 2. The van der Waals surface area contributed by atoms with E-state index in [1.165, 1.54) is 141 Å². The first-order chi connectivity index (χ1) is 24.1. The molecule has 0 aliphatic heterocycles. The standard InChI is InChI=1S/C44H87NO4/c1-4-7-10-13-16-17-18-24-32-41-49-44(48)36-29-25-31-38-45(39-40-46)37-30-23-19-22-28-35-43(47)42(33-26-20-14-11-8-5-2)34-27-21-15-12-9-6-3/h42,46H,4-41H2,1-3H3. The van der Waals surface area contributed by atoms with E-state index in [1.54, 1.807) is 0 Å². The summed E-state index contributed by atoms with van der Waals surface area (Å²) >= 11 is 0. The number of rotatable bonds is 41. The number of aliphatic hydroxyl groups excluding tert-OH is 1. The van der Waals surface area contributed by atoms with Crippen LogP contribution in [-0.2, 0) is 14.3 Å². The number of ketones is 1. The van der Waals surface area contributed by atoms with Crippen molar-refractivity contribution in [3.63, 3.8) is 0 Å². The minimum Gasteiger partial charge on any atom is -0.466 e. The van der Waals surface area contributed by atoms with Crippen molar-refractivity contribution < 1.29 is 19.4 Å². The Morgan fingerprint density at radius 1 is 0.469 bits per heavy atom. The third-order valence-electron chi connectivity index (χ3n) is 10.4. The van der Waals surface area contributed by atoms with Crippen LogP contribution >= 0.6 is 0 Å². The second kappa shape index (κ2) is 39.8. The molecule has 0 saturated carbocycles. The first kappa shape index (κ1) is 48.1. The van der Waals surface area contributed by atoms with Crippen LogP contribution in [0.3, 0.4) is 0 Å². The second-order valence-corrected chi connectivity index (χ2v) is 15.2. The Labute approximate surface area is 306 Å². The van der Waals surface area contributed by atoms with Gasteiger partial charge in [-0.05, 0) is 58.0 Å². The minimum atomic E-state index is -0.0420. The number of hydrogen-bond donors (Lipinski definition) is 1. The Morgan fingerprint density at radius 2 is 0.857 bits per heavy atom. The number of aliphatic hydroxyl groups is 1. The molecule has 0 spiro atoms. The molecule has 0 rings (SSSR count). The van der Waals surface area contributed by atoms with Crippen LogP contribution in [0.25, 0.3) is 0 Å². The molecule has 1 N–H and O–H groups in total. The minimum absolute atomic E-state index is 0.0420. The van der Waals surface area contributed by atoms with E-state index in [9.17, 15) is 14.7 Å². The summed E-state index contributed by atoms with van der Waals surface area (Å²) in [7, 11) is 0. The summed E-state index contributed by atoms with van der Waals surface area (Å²) < 4.78 is 5.45. The fraction of sp³-hybridized carbons (Fsp3) is 0.955. The van der Waals surface area contributed by atoms with Crippen molar-refractivity contribution in [3.8, 4) is 0 Å². The van der Waals surface area contributed by atoms with Crippen molar-refractivity contribution in [2.75, 3.05) is 32.8 Å². The zero-order valence-corrected chi connectivity index (χ0v) is 33.6. The highest BCUT2D eigenvalue weighted by molar-refractivity contribution is 5.80. The molecule has 0 aromatic carbocycles. The normalized spacial score (nSPS) is 11.6. The summed E-state index contributed by atoms with van der Waals surface area (Å²) in [5.41, 5.74) is 0. The van der Waals surface area contributed by atoms with E-state index in [0.29, 0.717) is 24.7 Å². The van der Waals surface area contributed by atoms with E-state index in [4.69, 9.17) is 4.74 Å². The van der Waals surface area contributed by atoms with Crippen LogP contribution in [0.2, 0.25) is 0 Å². The molecule has 292 valence electrons. The Morgan fingerprint density at radius 3 is 1.35 bits per heavy atom. The van der Waals surface area contributed by atoms with E-state index >= 15 is 0 Å². The van der Waals surface area contributed by atoms with Crippen LogP contribution in [0, 0.1) is 5.92 Å². The molecule has 0 aromatic rings. The van der Waals surface area contributed by atoms with Crippen LogP contribution in [0.15, 0.2) is 0 Å². The van der Waals surface area contributed by atoms with Gasteiger partial charge in [-0.25, -0.2) is 0 Å². The Hall–Kier alpha value is -0.940. The van der Waals surface area contributed by atoms with Crippen molar-refractivity contribution >= 4 is 11.8 Å². The van der Waals surface area contributed by atoms with Crippen LogP contribution in [-0.4, -0.2) is 54.6 Å². The van der Waals surface area contributed by atoms with Gasteiger partial charge in [-0.2, -0.15) is 0 Å². The van der Waals surface area contributed by atoms with Crippen molar-refractivity contribution in [1.29, 1.82) is 0 Å². The fourth-order valence-electron chi connectivity index (χ4n) is 7.11. The first-order valence-corrected chi connectivity index (χ1v) is 22.1. The first-order valence-electron chi connectivity index (χ1n) is 22.1. The predicted octanol–water partition coefficient (Wildman–Crippen LogP) is 12.9. The average Bonchev–Trinajstić information content (AvgIpc) is 3.10. The highest BCUT2D eigenvalue weighted by atomic mass is 16.5. The summed E-state index contributed by atoms with van der Waals surface area (Å²) in [4.78, 5) is 27.6. The Kier molecular flexibility index (Phi) is 39.1. The molecule has 0 saturated heterocycles. The SMILES string of the molecule is CCCCCCCCCCCOC(=O)CCCCCN(CCO)CCCCCCCC(=O)C(CCCCCCCC)CCCCCCCC. The van der Waals surface area contributed by atoms with Crippen LogP contribution < -0.4 is 0 Å². The molecular formula is C44H87NO4. The zero-order valence-electron chi connectivity index (χ0n) is 33.6. The molecule has 0 aliphatic carbocycles. The summed E-state index contributed by atoms with van der Waals surface area (Å²) in [6, 6.07) is 0. The van der Waals surface area contributed by atoms with Crippen molar-refractivity contribution in [1.82, 2.24) is 4.90 Å². The average molecular weight is 694 g/mol. The van der Waals surface area contributed by atoms with Crippen molar-refractivity contribution in [2.45, 2.75) is 233 Å². The van der Waals surface area contributed by atoms with Crippen molar-refractivity contribution in [2.24, 2.45) is 5.92 Å². The van der Waals surface area contributed by atoms with Crippen LogP contribution in [0.1, 0.15) is 233 Å². The van der Waals surface area contributed by atoms with E-state index in [0.717, 1.165) is 83.8 Å². The molecule has 0 unspecified atom stereocenters. The van der Waals surface area contributed by atoms with Gasteiger partial charge in [0.05, 0.1) is 13.2 Å². The van der Waals surface area contributed by atoms with E-state index in [2.05, 4.69) is 25.7 Å². The van der Waals surface area contributed by atoms with Gasteiger partial charge in [0.1, 0.15) is 5.78 Å². The number of esters is 1. The molecule has 49 heavy (non-hydrogen) atoms. The Bertz CT molecular complexity index is 668. The number of unbranched alkanes of at least 4 members (excludes halogenated alkanes) is 24. The fourth-order valence-corrected chi connectivity index (χ4v) is 7.11. The lowest BCUT2D eigenvalue weighted by Crippen LogP contribution is -2.29. The molecule has 5 nitrogen and oxygen atoms in total. The van der Waals surface area contributed by atoms with Crippen LogP contribution in [0.5, 0.6) is 0 Å². The second-order valence-electron chi connectivity index (χ2n) is 15.2. The number of ether oxygens (including phenoxy) is 1. The highest BCUT2D eigenvalue weighted by Gasteiger charge is 2.17. The summed E-state index contributed by atoms with van der Waals surface area (Å²) in [6.07, 6.45) is 39.4. The zero-order chi connectivity index (χ0) is 35.9. The summed E-state index contributed by atoms with van der Waals surface area (Å²) in [5, 5.41) is 9.55. The molecule has 0 radical (unpaired) electrons. The molecule has 0 atom stereocenters. The smallest absolute Gasteiger partial charge is 0.305 e. The number of Topliss-reactive ketones (excluding diaryl/α,β-unsaturated/α-hetero) is 1.